The minimum Gasteiger partial charge on any atom is -0.481 e. The first-order chi connectivity index (χ1) is 12.9. The number of aliphatic carboxylic acids is 1. The number of carbonyl (C=O) groups excluding carboxylic acids is 1. The average Bonchev–Trinajstić information content (AvgIpc) is 3.02. The average molecular weight is 372 g/mol. The number of nitrogens with zero attached hydrogens (tertiary/aromatic N) is 3. The minimum atomic E-state index is -0.829. The van der Waals surface area contributed by atoms with Gasteiger partial charge < -0.3 is 10.4 Å². The van der Waals surface area contributed by atoms with Crippen LogP contribution in [-0.4, -0.2) is 37.6 Å². The van der Waals surface area contributed by atoms with Gasteiger partial charge in [-0.1, -0.05) is 32.1 Å². The van der Waals surface area contributed by atoms with Crippen molar-refractivity contribution in [2.24, 2.45) is 5.92 Å². The topological polar surface area (TPSA) is 96.6 Å². The van der Waals surface area contributed by atoms with Gasteiger partial charge in [0, 0.05) is 24.7 Å². The van der Waals surface area contributed by atoms with Crippen molar-refractivity contribution in [3.63, 3.8) is 0 Å². The Kier molecular flexibility index (Phi) is 6.08. The molecule has 1 amide bonds. The number of nitrogens with one attached hydrogen (secondary N) is 1. The van der Waals surface area contributed by atoms with Gasteiger partial charge in [-0.05, 0) is 32.6 Å². The van der Waals surface area contributed by atoms with Gasteiger partial charge in [0.15, 0.2) is 5.65 Å². The first-order valence-electron chi connectivity index (χ1n) is 9.78. The Morgan fingerprint density at radius 2 is 2.04 bits per heavy atom. The van der Waals surface area contributed by atoms with E-state index in [2.05, 4.69) is 15.4 Å². The second-order valence-corrected chi connectivity index (χ2v) is 7.66. The Balaban J connectivity index is 1.74. The number of aryl methyl sites for hydroxylation is 2. The van der Waals surface area contributed by atoms with Gasteiger partial charge in [-0.2, -0.15) is 5.10 Å². The van der Waals surface area contributed by atoms with Gasteiger partial charge in [0.2, 0.25) is 0 Å². The number of fused-ring (bicyclic) bond motifs is 1. The van der Waals surface area contributed by atoms with Crippen LogP contribution >= 0.6 is 0 Å². The van der Waals surface area contributed by atoms with Gasteiger partial charge in [-0.25, -0.2) is 9.50 Å². The lowest BCUT2D eigenvalue weighted by Gasteiger charge is -2.27. The Labute approximate surface area is 159 Å². The lowest BCUT2D eigenvalue weighted by atomic mass is 9.84. The van der Waals surface area contributed by atoms with E-state index in [0.29, 0.717) is 23.5 Å². The summed E-state index contributed by atoms with van der Waals surface area (Å²) in [4.78, 5) is 28.2. The summed E-state index contributed by atoms with van der Waals surface area (Å²) >= 11 is 0. The first kappa shape index (κ1) is 19.3. The highest BCUT2D eigenvalue weighted by Crippen LogP contribution is 2.28. The SMILES string of the molecule is Cc1cc2ncc(C(=O)NC(CCC(=O)O)CC3CCCCC3)c(C)n2n1. The van der Waals surface area contributed by atoms with Crippen LogP contribution in [0.1, 0.15) is 73.1 Å². The molecular weight excluding hydrogens is 344 g/mol. The van der Waals surface area contributed by atoms with Gasteiger partial charge >= 0.3 is 5.97 Å². The number of carboxylic acids is 1. The zero-order chi connectivity index (χ0) is 19.4. The fourth-order valence-corrected chi connectivity index (χ4v) is 4.02. The Morgan fingerprint density at radius 1 is 1.30 bits per heavy atom. The summed E-state index contributed by atoms with van der Waals surface area (Å²) in [7, 11) is 0. The van der Waals surface area contributed by atoms with E-state index < -0.39 is 5.97 Å². The van der Waals surface area contributed by atoms with Crippen molar-refractivity contribution in [1.29, 1.82) is 0 Å². The molecule has 2 heterocycles. The molecule has 1 fully saturated rings. The highest BCUT2D eigenvalue weighted by atomic mass is 16.4. The molecule has 2 aromatic heterocycles. The summed E-state index contributed by atoms with van der Waals surface area (Å²) in [5, 5.41) is 16.5. The Bertz CT molecular complexity index is 824. The highest BCUT2D eigenvalue weighted by Gasteiger charge is 2.23. The van der Waals surface area contributed by atoms with Crippen LogP contribution < -0.4 is 5.32 Å². The normalized spacial score (nSPS) is 16.4. The molecule has 2 aromatic rings. The molecule has 0 bridgehead atoms. The molecule has 1 unspecified atom stereocenters. The van der Waals surface area contributed by atoms with E-state index >= 15 is 0 Å². The fraction of sp³-hybridized carbons (Fsp3) is 0.600. The van der Waals surface area contributed by atoms with E-state index in [0.717, 1.165) is 17.8 Å². The number of aromatic nitrogens is 3. The van der Waals surface area contributed by atoms with Crippen LogP contribution in [0.25, 0.3) is 5.65 Å². The number of hydrogen-bond donors (Lipinski definition) is 2. The smallest absolute Gasteiger partial charge is 0.303 e. The quantitative estimate of drug-likeness (QED) is 0.777. The highest BCUT2D eigenvalue weighted by molar-refractivity contribution is 5.95. The third-order valence-corrected chi connectivity index (χ3v) is 5.48. The van der Waals surface area contributed by atoms with Crippen LogP contribution in [0.5, 0.6) is 0 Å². The summed E-state index contributed by atoms with van der Waals surface area (Å²) in [6.07, 6.45) is 8.99. The van der Waals surface area contributed by atoms with Crippen molar-refractivity contribution in [3.8, 4) is 0 Å². The van der Waals surface area contributed by atoms with Crippen molar-refractivity contribution >= 4 is 17.5 Å². The van der Waals surface area contributed by atoms with Crippen molar-refractivity contribution in [2.75, 3.05) is 0 Å². The van der Waals surface area contributed by atoms with E-state index in [-0.39, 0.29) is 18.4 Å². The van der Waals surface area contributed by atoms with Crippen molar-refractivity contribution in [1.82, 2.24) is 19.9 Å². The third kappa shape index (κ3) is 4.84. The molecule has 0 aliphatic heterocycles. The zero-order valence-corrected chi connectivity index (χ0v) is 16.1. The van der Waals surface area contributed by atoms with Crippen LogP contribution in [0.3, 0.4) is 0 Å². The van der Waals surface area contributed by atoms with E-state index in [4.69, 9.17) is 5.11 Å². The summed E-state index contributed by atoms with van der Waals surface area (Å²) in [5.41, 5.74) is 2.78. The van der Waals surface area contributed by atoms with Crippen LogP contribution in [0.15, 0.2) is 12.3 Å². The summed E-state index contributed by atoms with van der Waals surface area (Å²) < 4.78 is 1.68. The van der Waals surface area contributed by atoms with Gasteiger partial charge in [0.1, 0.15) is 0 Å². The van der Waals surface area contributed by atoms with E-state index in [1.807, 2.05) is 19.9 Å². The maximum absolute atomic E-state index is 12.9. The Morgan fingerprint density at radius 3 is 2.74 bits per heavy atom. The third-order valence-electron chi connectivity index (χ3n) is 5.48. The van der Waals surface area contributed by atoms with Crippen molar-refractivity contribution < 1.29 is 14.7 Å². The van der Waals surface area contributed by atoms with Gasteiger partial charge in [-0.15, -0.1) is 0 Å². The number of amides is 1. The van der Waals surface area contributed by atoms with Crippen molar-refractivity contribution in [3.05, 3.63) is 29.2 Å². The lowest BCUT2D eigenvalue weighted by Crippen LogP contribution is -2.37. The van der Waals surface area contributed by atoms with Gasteiger partial charge in [-0.3, -0.25) is 9.59 Å². The molecule has 1 aliphatic carbocycles. The lowest BCUT2D eigenvalue weighted by molar-refractivity contribution is -0.137. The maximum atomic E-state index is 12.9. The molecule has 1 saturated carbocycles. The van der Waals surface area contributed by atoms with Crippen molar-refractivity contribution in [2.45, 2.75) is 71.3 Å². The van der Waals surface area contributed by atoms with E-state index in [1.54, 1.807) is 10.7 Å². The first-order valence-corrected chi connectivity index (χ1v) is 9.78. The molecule has 0 saturated heterocycles. The molecule has 27 heavy (non-hydrogen) atoms. The molecule has 0 spiro atoms. The molecule has 2 N–H and O–H groups in total. The molecular formula is C20H28N4O3. The predicted octanol–water partition coefficient (Wildman–Crippen LogP) is 3.28. The molecule has 7 nitrogen and oxygen atoms in total. The molecule has 1 aliphatic rings. The predicted molar refractivity (Wildman–Crippen MR) is 102 cm³/mol. The number of rotatable bonds is 7. The van der Waals surface area contributed by atoms with E-state index in [1.165, 1.54) is 32.1 Å². The molecule has 7 heteroatoms. The molecule has 3 rings (SSSR count). The number of hydrogen-bond acceptors (Lipinski definition) is 4. The molecule has 1 atom stereocenters. The maximum Gasteiger partial charge on any atom is 0.303 e. The Hall–Kier alpha value is -2.44. The second kappa shape index (κ2) is 8.50. The monoisotopic (exact) mass is 372 g/mol. The van der Waals surface area contributed by atoms with Crippen LogP contribution in [0.4, 0.5) is 0 Å². The minimum absolute atomic E-state index is 0.0618. The number of carbonyl (C=O) groups is 2. The van der Waals surface area contributed by atoms with Gasteiger partial charge in [0.25, 0.3) is 5.91 Å². The molecule has 146 valence electrons. The molecule has 0 aromatic carbocycles. The fourth-order valence-electron chi connectivity index (χ4n) is 4.02. The second-order valence-electron chi connectivity index (χ2n) is 7.66. The largest absolute Gasteiger partial charge is 0.481 e. The van der Waals surface area contributed by atoms with Crippen LogP contribution in [-0.2, 0) is 4.79 Å². The summed E-state index contributed by atoms with van der Waals surface area (Å²) in [6, 6.07) is 1.74. The number of carboxylic acid groups (broad SMARTS) is 1. The van der Waals surface area contributed by atoms with Crippen LogP contribution in [0.2, 0.25) is 0 Å². The van der Waals surface area contributed by atoms with E-state index in [9.17, 15) is 9.59 Å². The summed E-state index contributed by atoms with van der Waals surface area (Å²) in [5.74, 6) is -0.473. The standard InChI is InChI=1S/C20H28N4O3/c1-13-10-18-21-12-17(14(2)24(18)23-13)20(27)22-16(8-9-19(25)26)11-15-6-4-3-5-7-15/h10,12,15-16H,3-9,11H2,1-2H3,(H,22,27)(H,25,26). The van der Waals surface area contributed by atoms with Gasteiger partial charge in [0.05, 0.1) is 17.0 Å². The summed E-state index contributed by atoms with van der Waals surface area (Å²) in [6.45, 7) is 3.74. The zero-order valence-electron chi connectivity index (χ0n) is 16.1. The van der Waals surface area contributed by atoms with Crippen LogP contribution in [0, 0.1) is 19.8 Å². The molecule has 0 radical (unpaired) electrons.